The van der Waals surface area contributed by atoms with E-state index in [9.17, 15) is 4.79 Å². The van der Waals surface area contributed by atoms with Crippen LogP contribution in [0.4, 0.5) is 5.69 Å². The first-order chi connectivity index (χ1) is 8.77. The average Bonchev–Trinajstić information content (AvgIpc) is 2.37. The van der Waals surface area contributed by atoms with Gasteiger partial charge in [0.1, 0.15) is 0 Å². The van der Waals surface area contributed by atoms with Gasteiger partial charge in [-0.05, 0) is 37.5 Å². The first-order valence-corrected chi connectivity index (χ1v) is 6.67. The summed E-state index contributed by atoms with van der Waals surface area (Å²) in [6.07, 6.45) is 0. The normalized spacial score (nSPS) is 11.5. The van der Waals surface area contributed by atoms with E-state index in [1.807, 2.05) is 20.9 Å². The number of carbonyl (C=O) groups is 1. The van der Waals surface area contributed by atoms with E-state index in [0.29, 0.717) is 12.5 Å². The van der Waals surface area contributed by atoms with Crippen LogP contribution in [-0.4, -0.2) is 26.7 Å². The highest BCUT2D eigenvalue weighted by molar-refractivity contribution is 5.76. The second-order valence-corrected chi connectivity index (χ2v) is 5.98. The zero-order valence-corrected chi connectivity index (χ0v) is 12.9. The molecule has 3 heteroatoms. The summed E-state index contributed by atoms with van der Waals surface area (Å²) in [6.45, 7) is 8.79. The maximum absolute atomic E-state index is 11.7. The molecule has 0 unspecified atom stereocenters. The summed E-state index contributed by atoms with van der Waals surface area (Å²) >= 11 is 0. The van der Waals surface area contributed by atoms with Gasteiger partial charge in [-0.3, -0.25) is 4.79 Å². The lowest BCUT2D eigenvalue weighted by Gasteiger charge is -2.29. The topological polar surface area (TPSA) is 29.5 Å². The summed E-state index contributed by atoms with van der Waals surface area (Å²) in [4.78, 5) is 13.8. The van der Waals surface area contributed by atoms with Crippen LogP contribution in [0.15, 0.2) is 24.3 Å². The van der Waals surface area contributed by atoms with Gasteiger partial charge < -0.3 is 9.64 Å². The van der Waals surface area contributed by atoms with Gasteiger partial charge in [0.15, 0.2) is 0 Å². The molecule has 0 aliphatic rings. The molecule has 1 aromatic carbocycles. The van der Waals surface area contributed by atoms with Gasteiger partial charge >= 0.3 is 5.97 Å². The average molecular weight is 263 g/mol. The highest BCUT2D eigenvalue weighted by Crippen LogP contribution is 2.24. The van der Waals surface area contributed by atoms with Gasteiger partial charge in [0.25, 0.3) is 0 Å². The smallest absolute Gasteiger partial charge is 0.313 e. The fraction of sp³-hybridized carbons (Fsp3) is 0.562. The molecule has 0 fully saturated rings. The Hall–Kier alpha value is -1.51. The fourth-order valence-electron chi connectivity index (χ4n) is 2.14. The predicted octanol–water partition coefficient (Wildman–Crippen LogP) is 3.45. The van der Waals surface area contributed by atoms with Gasteiger partial charge in [0, 0.05) is 19.3 Å². The Morgan fingerprint density at radius 1 is 1.26 bits per heavy atom. The molecule has 0 heterocycles. The van der Waals surface area contributed by atoms with Crippen LogP contribution in [0.25, 0.3) is 0 Å². The number of hydrogen-bond donors (Lipinski definition) is 0. The van der Waals surface area contributed by atoms with E-state index in [2.05, 4.69) is 43.0 Å². The summed E-state index contributed by atoms with van der Waals surface area (Å²) < 4.78 is 4.84. The van der Waals surface area contributed by atoms with Crippen LogP contribution < -0.4 is 4.90 Å². The molecule has 1 aromatic rings. The van der Waals surface area contributed by atoms with Crippen molar-refractivity contribution >= 4 is 11.7 Å². The van der Waals surface area contributed by atoms with Gasteiger partial charge in [-0.25, -0.2) is 0 Å². The SMILES string of the molecule is COC(=O)C(C)(C)CN(C)c1ccc(C(C)C)cc1. The van der Waals surface area contributed by atoms with Crippen LogP contribution >= 0.6 is 0 Å². The third-order valence-electron chi connectivity index (χ3n) is 3.37. The van der Waals surface area contributed by atoms with E-state index in [0.717, 1.165) is 5.69 Å². The van der Waals surface area contributed by atoms with Crippen molar-refractivity contribution in [2.45, 2.75) is 33.6 Å². The minimum atomic E-state index is -0.514. The molecule has 0 radical (unpaired) electrons. The standard InChI is InChI=1S/C16H25NO2/c1-12(2)13-7-9-14(10-8-13)17(5)11-16(3,4)15(18)19-6/h7-10,12H,11H2,1-6H3. The van der Waals surface area contributed by atoms with E-state index in [1.165, 1.54) is 12.7 Å². The molecule has 0 saturated carbocycles. The second-order valence-electron chi connectivity index (χ2n) is 5.98. The predicted molar refractivity (Wildman–Crippen MR) is 79.6 cm³/mol. The Kier molecular flexibility index (Phi) is 4.98. The molecule has 0 N–H and O–H groups in total. The molecular weight excluding hydrogens is 238 g/mol. The molecule has 3 nitrogen and oxygen atoms in total. The van der Waals surface area contributed by atoms with E-state index in [1.54, 1.807) is 0 Å². The molecule has 0 atom stereocenters. The Balaban J connectivity index is 2.78. The number of hydrogen-bond acceptors (Lipinski definition) is 3. The van der Waals surface area contributed by atoms with E-state index >= 15 is 0 Å². The lowest BCUT2D eigenvalue weighted by Crippen LogP contribution is -2.38. The van der Waals surface area contributed by atoms with Gasteiger partial charge in [-0.2, -0.15) is 0 Å². The Bertz CT molecular complexity index is 421. The van der Waals surface area contributed by atoms with Crippen molar-refractivity contribution in [3.63, 3.8) is 0 Å². The highest BCUT2D eigenvalue weighted by Gasteiger charge is 2.30. The minimum Gasteiger partial charge on any atom is -0.469 e. The van der Waals surface area contributed by atoms with Crippen molar-refractivity contribution in [1.82, 2.24) is 0 Å². The van der Waals surface area contributed by atoms with E-state index < -0.39 is 5.41 Å². The zero-order valence-electron chi connectivity index (χ0n) is 12.9. The summed E-state index contributed by atoms with van der Waals surface area (Å²) in [5, 5.41) is 0. The molecule has 0 aliphatic heterocycles. The summed E-state index contributed by atoms with van der Waals surface area (Å²) in [7, 11) is 3.43. The monoisotopic (exact) mass is 263 g/mol. The van der Waals surface area contributed by atoms with Crippen molar-refractivity contribution in [2.75, 3.05) is 25.6 Å². The third kappa shape index (κ3) is 3.98. The fourth-order valence-corrected chi connectivity index (χ4v) is 2.14. The number of benzene rings is 1. The van der Waals surface area contributed by atoms with Crippen molar-refractivity contribution in [1.29, 1.82) is 0 Å². The molecule has 0 spiro atoms. The van der Waals surface area contributed by atoms with Crippen LogP contribution in [0.2, 0.25) is 0 Å². The lowest BCUT2D eigenvalue weighted by atomic mass is 9.93. The summed E-state index contributed by atoms with van der Waals surface area (Å²) in [5.41, 5.74) is 1.92. The quantitative estimate of drug-likeness (QED) is 0.762. The molecule has 0 aromatic heterocycles. The van der Waals surface area contributed by atoms with Crippen molar-refractivity contribution < 1.29 is 9.53 Å². The maximum Gasteiger partial charge on any atom is 0.313 e. The molecule has 0 bridgehead atoms. The summed E-state index contributed by atoms with van der Waals surface area (Å²) in [6, 6.07) is 8.48. The zero-order chi connectivity index (χ0) is 14.6. The number of carbonyl (C=O) groups excluding carboxylic acids is 1. The van der Waals surface area contributed by atoms with Crippen LogP contribution in [-0.2, 0) is 9.53 Å². The van der Waals surface area contributed by atoms with Gasteiger partial charge in [-0.1, -0.05) is 26.0 Å². The van der Waals surface area contributed by atoms with Crippen molar-refractivity contribution in [2.24, 2.45) is 5.41 Å². The molecule has 0 saturated heterocycles. The number of rotatable bonds is 5. The Labute approximate surface area is 116 Å². The van der Waals surface area contributed by atoms with Gasteiger partial charge in [-0.15, -0.1) is 0 Å². The molecule has 0 amide bonds. The molecule has 0 aliphatic carbocycles. The number of ether oxygens (including phenoxy) is 1. The van der Waals surface area contributed by atoms with Crippen LogP contribution in [0, 0.1) is 5.41 Å². The Morgan fingerprint density at radius 3 is 2.21 bits per heavy atom. The maximum atomic E-state index is 11.7. The minimum absolute atomic E-state index is 0.182. The van der Waals surface area contributed by atoms with Crippen LogP contribution in [0.1, 0.15) is 39.2 Å². The Morgan fingerprint density at radius 2 is 1.79 bits per heavy atom. The van der Waals surface area contributed by atoms with Crippen LogP contribution in [0.3, 0.4) is 0 Å². The lowest BCUT2D eigenvalue weighted by molar-refractivity contribution is -0.150. The molecule has 1 rings (SSSR count). The second kappa shape index (κ2) is 6.09. The van der Waals surface area contributed by atoms with Gasteiger partial charge in [0.2, 0.25) is 0 Å². The van der Waals surface area contributed by atoms with E-state index in [4.69, 9.17) is 4.74 Å². The largest absolute Gasteiger partial charge is 0.469 e. The first-order valence-electron chi connectivity index (χ1n) is 6.67. The first kappa shape index (κ1) is 15.5. The van der Waals surface area contributed by atoms with Crippen molar-refractivity contribution in [3.05, 3.63) is 29.8 Å². The number of anilines is 1. The third-order valence-corrected chi connectivity index (χ3v) is 3.37. The van der Waals surface area contributed by atoms with Gasteiger partial charge in [0.05, 0.1) is 12.5 Å². The van der Waals surface area contributed by atoms with E-state index in [-0.39, 0.29) is 5.97 Å². The highest BCUT2D eigenvalue weighted by atomic mass is 16.5. The molecular formula is C16H25NO2. The van der Waals surface area contributed by atoms with Crippen molar-refractivity contribution in [3.8, 4) is 0 Å². The number of esters is 1. The van der Waals surface area contributed by atoms with Crippen LogP contribution in [0.5, 0.6) is 0 Å². The number of methoxy groups -OCH3 is 1. The number of nitrogens with zero attached hydrogens (tertiary/aromatic N) is 1. The summed E-state index contributed by atoms with van der Waals surface area (Å²) in [5.74, 6) is 0.351. The molecule has 106 valence electrons. The molecule has 19 heavy (non-hydrogen) atoms.